The lowest BCUT2D eigenvalue weighted by Crippen LogP contribution is -2.47. The first-order chi connectivity index (χ1) is 14.8. The zero-order valence-corrected chi connectivity index (χ0v) is 18.5. The van der Waals surface area contributed by atoms with E-state index in [1.807, 2.05) is 19.9 Å². The number of piperidine rings is 1. The van der Waals surface area contributed by atoms with Crippen molar-refractivity contribution in [3.05, 3.63) is 41.3 Å². The number of esters is 1. The van der Waals surface area contributed by atoms with Crippen LogP contribution in [0.4, 0.5) is 0 Å². The predicted molar refractivity (Wildman–Crippen MR) is 114 cm³/mol. The zero-order chi connectivity index (χ0) is 22.5. The van der Waals surface area contributed by atoms with Crippen LogP contribution in [0.3, 0.4) is 0 Å². The Labute approximate surface area is 182 Å². The van der Waals surface area contributed by atoms with Crippen LogP contribution in [-0.2, 0) is 14.3 Å². The quantitative estimate of drug-likeness (QED) is 0.652. The van der Waals surface area contributed by atoms with Gasteiger partial charge in [0, 0.05) is 32.0 Å². The number of nitrogens with zero attached hydrogens (tertiary/aromatic N) is 5. The van der Waals surface area contributed by atoms with E-state index in [-0.39, 0.29) is 30.2 Å². The highest BCUT2D eigenvalue weighted by atomic mass is 16.5. The van der Waals surface area contributed by atoms with E-state index in [0.717, 1.165) is 17.8 Å². The van der Waals surface area contributed by atoms with Crippen LogP contribution in [-0.4, -0.2) is 75.6 Å². The van der Waals surface area contributed by atoms with Crippen LogP contribution in [0, 0.1) is 19.8 Å². The Balaban J connectivity index is 1.60. The fraction of sp³-hybridized carbons (Fsp3) is 0.500. The molecular weight excluding hydrogens is 398 g/mol. The molecule has 0 radical (unpaired) electrons. The van der Waals surface area contributed by atoms with Crippen molar-refractivity contribution in [1.82, 2.24) is 24.6 Å². The standard InChI is InChI=1S/C22H29N5O4/c1-5-31-22(30)18-7-6-10-26(13-18)20(28)14-25(4)21(29)17-8-9-19(23-12-17)27-16(3)11-15(2)24-27/h8-9,11-12,18H,5-7,10,13-14H2,1-4H3. The fourth-order valence-corrected chi connectivity index (χ4v) is 3.75. The summed E-state index contributed by atoms with van der Waals surface area (Å²) in [6, 6.07) is 5.36. The van der Waals surface area contributed by atoms with Gasteiger partial charge in [0.1, 0.15) is 0 Å². The number of amides is 2. The summed E-state index contributed by atoms with van der Waals surface area (Å²) in [5.41, 5.74) is 2.23. The number of pyridine rings is 1. The van der Waals surface area contributed by atoms with Gasteiger partial charge in [-0.15, -0.1) is 0 Å². The first kappa shape index (κ1) is 22.5. The lowest BCUT2D eigenvalue weighted by Gasteiger charge is -2.32. The second-order valence-corrected chi connectivity index (χ2v) is 7.84. The highest BCUT2D eigenvalue weighted by Crippen LogP contribution is 2.18. The molecule has 0 aliphatic carbocycles. The Bertz CT molecular complexity index is 953. The smallest absolute Gasteiger partial charge is 0.310 e. The molecule has 0 spiro atoms. The maximum absolute atomic E-state index is 12.8. The van der Waals surface area contributed by atoms with Gasteiger partial charge in [-0.1, -0.05) is 0 Å². The van der Waals surface area contributed by atoms with Gasteiger partial charge in [0.2, 0.25) is 5.91 Å². The van der Waals surface area contributed by atoms with Crippen molar-refractivity contribution in [2.75, 3.05) is 33.3 Å². The van der Waals surface area contributed by atoms with Crippen LogP contribution in [0.2, 0.25) is 0 Å². The number of carbonyl (C=O) groups is 3. The second kappa shape index (κ2) is 9.72. The molecular formula is C22H29N5O4. The Morgan fingerprint density at radius 1 is 1.26 bits per heavy atom. The number of aromatic nitrogens is 3. The number of likely N-dealkylation sites (tertiary alicyclic amines) is 1. The van der Waals surface area contributed by atoms with Crippen molar-refractivity contribution in [1.29, 1.82) is 0 Å². The Morgan fingerprint density at radius 2 is 2.03 bits per heavy atom. The van der Waals surface area contributed by atoms with Crippen LogP contribution < -0.4 is 0 Å². The molecule has 31 heavy (non-hydrogen) atoms. The van der Waals surface area contributed by atoms with E-state index < -0.39 is 0 Å². The van der Waals surface area contributed by atoms with Gasteiger partial charge in [-0.25, -0.2) is 9.67 Å². The minimum atomic E-state index is -0.301. The predicted octanol–water partition coefficient (Wildman–Crippen LogP) is 1.76. The molecule has 0 aromatic carbocycles. The average Bonchev–Trinajstić information content (AvgIpc) is 3.11. The maximum atomic E-state index is 12.8. The van der Waals surface area contributed by atoms with Gasteiger partial charge < -0.3 is 14.5 Å². The normalized spacial score (nSPS) is 16.1. The van der Waals surface area contributed by atoms with E-state index >= 15 is 0 Å². The van der Waals surface area contributed by atoms with Crippen molar-refractivity contribution in [3.8, 4) is 5.82 Å². The third-order valence-electron chi connectivity index (χ3n) is 5.33. The topological polar surface area (TPSA) is 97.6 Å². The summed E-state index contributed by atoms with van der Waals surface area (Å²) in [6.07, 6.45) is 2.95. The molecule has 166 valence electrons. The summed E-state index contributed by atoms with van der Waals surface area (Å²) < 4.78 is 6.80. The van der Waals surface area contributed by atoms with E-state index in [4.69, 9.17) is 4.74 Å². The Kier molecular flexibility index (Phi) is 7.04. The number of hydrogen-bond acceptors (Lipinski definition) is 6. The molecule has 1 aliphatic rings. The number of aryl methyl sites for hydroxylation is 2. The molecule has 9 nitrogen and oxygen atoms in total. The van der Waals surface area contributed by atoms with Crippen molar-refractivity contribution < 1.29 is 19.1 Å². The summed E-state index contributed by atoms with van der Waals surface area (Å²) >= 11 is 0. The maximum Gasteiger partial charge on any atom is 0.310 e. The molecule has 2 amide bonds. The van der Waals surface area contributed by atoms with Crippen LogP contribution in [0.25, 0.3) is 5.82 Å². The summed E-state index contributed by atoms with van der Waals surface area (Å²) in [4.78, 5) is 44.8. The molecule has 0 saturated carbocycles. The van der Waals surface area contributed by atoms with E-state index in [2.05, 4.69) is 10.1 Å². The molecule has 0 N–H and O–H groups in total. The van der Waals surface area contributed by atoms with Crippen molar-refractivity contribution in [2.24, 2.45) is 5.92 Å². The van der Waals surface area contributed by atoms with Crippen LogP contribution >= 0.6 is 0 Å². The van der Waals surface area contributed by atoms with Crippen molar-refractivity contribution >= 4 is 17.8 Å². The van der Waals surface area contributed by atoms with Gasteiger partial charge in [-0.2, -0.15) is 5.10 Å². The number of rotatable bonds is 6. The second-order valence-electron chi connectivity index (χ2n) is 7.84. The first-order valence-corrected chi connectivity index (χ1v) is 10.5. The minimum absolute atomic E-state index is 0.0619. The van der Waals surface area contributed by atoms with E-state index in [9.17, 15) is 14.4 Å². The molecule has 3 heterocycles. The molecule has 3 rings (SSSR count). The molecule has 1 aliphatic heterocycles. The van der Waals surface area contributed by atoms with Crippen LogP contribution in [0.5, 0.6) is 0 Å². The molecule has 0 bridgehead atoms. The molecule has 1 saturated heterocycles. The third-order valence-corrected chi connectivity index (χ3v) is 5.33. The minimum Gasteiger partial charge on any atom is -0.466 e. The number of ether oxygens (including phenoxy) is 1. The summed E-state index contributed by atoms with van der Waals surface area (Å²) in [6.45, 7) is 6.79. The Hall–Kier alpha value is -3.23. The number of likely N-dealkylation sites (N-methyl/N-ethyl adjacent to an activating group) is 1. The van der Waals surface area contributed by atoms with Gasteiger partial charge in [-0.3, -0.25) is 14.4 Å². The third kappa shape index (κ3) is 5.28. The molecule has 1 unspecified atom stereocenters. The number of carbonyl (C=O) groups excluding carboxylic acids is 3. The average molecular weight is 428 g/mol. The lowest BCUT2D eigenvalue weighted by atomic mass is 9.98. The molecule has 2 aromatic rings. The molecule has 1 atom stereocenters. The molecule has 2 aromatic heterocycles. The lowest BCUT2D eigenvalue weighted by molar-refractivity contribution is -0.151. The SMILES string of the molecule is CCOC(=O)C1CCCN(C(=O)CN(C)C(=O)c2ccc(-n3nc(C)cc3C)nc2)C1. The highest BCUT2D eigenvalue weighted by Gasteiger charge is 2.30. The summed E-state index contributed by atoms with van der Waals surface area (Å²) in [5, 5.41) is 4.39. The van der Waals surface area contributed by atoms with Crippen molar-refractivity contribution in [2.45, 2.75) is 33.6 Å². The molecule has 1 fully saturated rings. The highest BCUT2D eigenvalue weighted by molar-refractivity contribution is 5.96. The largest absolute Gasteiger partial charge is 0.466 e. The summed E-state index contributed by atoms with van der Waals surface area (Å²) in [5.74, 6) is -0.418. The van der Waals surface area contributed by atoms with E-state index in [1.54, 1.807) is 35.7 Å². The monoisotopic (exact) mass is 427 g/mol. The Morgan fingerprint density at radius 3 is 2.65 bits per heavy atom. The van der Waals surface area contributed by atoms with Gasteiger partial charge >= 0.3 is 5.97 Å². The van der Waals surface area contributed by atoms with Gasteiger partial charge in [0.05, 0.1) is 30.3 Å². The van der Waals surface area contributed by atoms with Crippen LogP contribution in [0.1, 0.15) is 41.5 Å². The number of hydrogen-bond donors (Lipinski definition) is 0. The van der Waals surface area contributed by atoms with Gasteiger partial charge in [-0.05, 0) is 51.8 Å². The van der Waals surface area contributed by atoms with Gasteiger partial charge in [0.25, 0.3) is 5.91 Å². The first-order valence-electron chi connectivity index (χ1n) is 10.5. The fourth-order valence-electron chi connectivity index (χ4n) is 3.75. The zero-order valence-electron chi connectivity index (χ0n) is 18.5. The summed E-state index contributed by atoms with van der Waals surface area (Å²) in [7, 11) is 1.59. The van der Waals surface area contributed by atoms with Gasteiger partial charge in [0.15, 0.2) is 5.82 Å². The molecule has 9 heteroatoms. The van der Waals surface area contributed by atoms with Crippen molar-refractivity contribution in [3.63, 3.8) is 0 Å². The van der Waals surface area contributed by atoms with Crippen LogP contribution in [0.15, 0.2) is 24.4 Å². The van der Waals surface area contributed by atoms with E-state index in [1.165, 1.54) is 11.1 Å². The van der Waals surface area contributed by atoms with E-state index in [0.29, 0.717) is 37.5 Å².